The molecule has 19 heavy (non-hydrogen) atoms. The number of halogens is 1. The Hall–Kier alpha value is -1.02. The molecular weight excluding hydrogens is 258 g/mol. The lowest BCUT2D eigenvalue weighted by Gasteiger charge is -2.23. The summed E-state index contributed by atoms with van der Waals surface area (Å²) in [5, 5.41) is 3.07. The number of amides is 1. The van der Waals surface area contributed by atoms with Crippen molar-refractivity contribution in [2.45, 2.75) is 52.0 Å². The third kappa shape index (κ3) is 4.54. The maximum atomic E-state index is 12.4. The first kappa shape index (κ1) is 16.0. The van der Waals surface area contributed by atoms with Gasteiger partial charge in [-0.1, -0.05) is 45.9 Å². The van der Waals surface area contributed by atoms with Crippen molar-refractivity contribution < 1.29 is 4.79 Å². The second kappa shape index (κ2) is 6.95. The Balaban J connectivity index is 2.94. The van der Waals surface area contributed by atoms with Crippen LogP contribution in [0.3, 0.4) is 0 Å². The van der Waals surface area contributed by atoms with E-state index in [0.29, 0.717) is 5.88 Å². The molecule has 0 radical (unpaired) electrons. The first-order chi connectivity index (χ1) is 8.90. The third-order valence-electron chi connectivity index (χ3n) is 3.27. The maximum Gasteiger partial charge on any atom is 0.251 e. The Bertz CT molecular complexity index is 423. The van der Waals surface area contributed by atoms with E-state index in [1.54, 1.807) is 0 Å². The number of hydrogen-bond donors (Lipinski definition) is 1. The number of hydrogen-bond acceptors (Lipinski definition) is 1. The summed E-state index contributed by atoms with van der Waals surface area (Å²) < 4.78 is 0. The molecule has 2 nitrogen and oxygen atoms in total. The summed E-state index contributed by atoms with van der Waals surface area (Å²) in [5.41, 5.74) is 1.80. The van der Waals surface area contributed by atoms with Crippen molar-refractivity contribution >= 4 is 17.5 Å². The molecule has 1 rings (SSSR count). The molecule has 1 aromatic carbocycles. The maximum absolute atomic E-state index is 12.4. The molecule has 3 heteroatoms. The summed E-state index contributed by atoms with van der Waals surface area (Å²) in [6.45, 7) is 8.42. The van der Waals surface area contributed by atoms with Crippen molar-refractivity contribution in [3.63, 3.8) is 0 Å². The van der Waals surface area contributed by atoms with Crippen LogP contribution in [0.1, 0.15) is 56.5 Å². The minimum absolute atomic E-state index is 0.00231. The molecule has 1 unspecified atom stereocenters. The molecule has 0 heterocycles. The average Bonchev–Trinajstić information content (AvgIpc) is 2.37. The zero-order valence-corrected chi connectivity index (χ0v) is 13.1. The Morgan fingerprint density at radius 3 is 2.47 bits per heavy atom. The highest BCUT2D eigenvalue weighted by atomic mass is 35.5. The fourth-order valence-electron chi connectivity index (χ4n) is 2.11. The van der Waals surface area contributed by atoms with E-state index in [-0.39, 0.29) is 17.4 Å². The molecule has 0 spiro atoms. The second-order valence-corrected chi connectivity index (χ2v) is 6.23. The van der Waals surface area contributed by atoms with Gasteiger partial charge in [0.1, 0.15) is 0 Å². The average molecular weight is 282 g/mol. The highest BCUT2D eigenvalue weighted by molar-refractivity contribution is 6.17. The van der Waals surface area contributed by atoms with Gasteiger partial charge in [-0.2, -0.15) is 0 Å². The Kier molecular flexibility index (Phi) is 5.86. The van der Waals surface area contributed by atoms with Gasteiger partial charge in [-0.05, 0) is 29.9 Å². The lowest BCUT2D eigenvalue weighted by molar-refractivity contribution is 0.0933. The number of alkyl halides is 1. The molecular formula is C16H24ClNO. The monoisotopic (exact) mass is 281 g/mol. The number of carbonyl (C=O) groups excluding carboxylic acids is 1. The number of nitrogens with one attached hydrogen (secondary N) is 1. The SMILES string of the molecule is CCC(CCCl)NC(=O)c1ccccc1C(C)(C)C. The number of benzene rings is 1. The molecule has 0 bridgehead atoms. The Morgan fingerprint density at radius 2 is 1.95 bits per heavy atom. The molecule has 0 aromatic heterocycles. The van der Waals surface area contributed by atoms with Crippen molar-refractivity contribution in [2.24, 2.45) is 0 Å². The predicted octanol–water partition coefficient (Wildman–Crippen LogP) is 4.12. The van der Waals surface area contributed by atoms with Crippen LogP contribution in [0, 0.1) is 0 Å². The molecule has 1 atom stereocenters. The van der Waals surface area contributed by atoms with Crippen LogP contribution < -0.4 is 5.32 Å². The molecule has 1 aromatic rings. The first-order valence-electron chi connectivity index (χ1n) is 6.86. The highest BCUT2D eigenvalue weighted by Gasteiger charge is 2.22. The fraction of sp³-hybridized carbons (Fsp3) is 0.562. The van der Waals surface area contributed by atoms with Crippen molar-refractivity contribution in [1.82, 2.24) is 5.32 Å². The Labute approximate surface area is 121 Å². The molecule has 0 saturated carbocycles. The van der Waals surface area contributed by atoms with Crippen LogP contribution in [0.15, 0.2) is 24.3 Å². The standard InChI is InChI=1S/C16H24ClNO/c1-5-12(10-11-17)18-15(19)13-8-6-7-9-14(13)16(2,3)4/h6-9,12H,5,10-11H2,1-4H3,(H,18,19). The van der Waals surface area contributed by atoms with Crippen molar-refractivity contribution in [3.8, 4) is 0 Å². The van der Waals surface area contributed by atoms with Gasteiger partial charge in [0.2, 0.25) is 0 Å². The summed E-state index contributed by atoms with van der Waals surface area (Å²) in [5.74, 6) is 0.571. The van der Waals surface area contributed by atoms with Crippen LogP contribution in [-0.2, 0) is 5.41 Å². The summed E-state index contributed by atoms with van der Waals surface area (Å²) in [7, 11) is 0. The first-order valence-corrected chi connectivity index (χ1v) is 7.40. The van der Waals surface area contributed by atoms with Gasteiger partial charge in [0.15, 0.2) is 0 Å². The van der Waals surface area contributed by atoms with Crippen LogP contribution in [0.25, 0.3) is 0 Å². The van der Waals surface area contributed by atoms with Gasteiger partial charge in [0.25, 0.3) is 5.91 Å². The van der Waals surface area contributed by atoms with E-state index in [9.17, 15) is 4.79 Å². The number of rotatable bonds is 5. The predicted molar refractivity (Wildman–Crippen MR) is 82.0 cm³/mol. The smallest absolute Gasteiger partial charge is 0.251 e. The van der Waals surface area contributed by atoms with Gasteiger partial charge in [0.05, 0.1) is 0 Å². The molecule has 1 amide bonds. The van der Waals surface area contributed by atoms with E-state index < -0.39 is 0 Å². The molecule has 106 valence electrons. The van der Waals surface area contributed by atoms with Crippen LogP contribution >= 0.6 is 11.6 Å². The van der Waals surface area contributed by atoms with E-state index in [2.05, 4.69) is 33.0 Å². The van der Waals surface area contributed by atoms with Crippen molar-refractivity contribution in [3.05, 3.63) is 35.4 Å². The summed E-state index contributed by atoms with van der Waals surface area (Å²) in [4.78, 5) is 12.4. The minimum atomic E-state index is -0.0396. The van der Waals surface area contributed by atoms with Crippen LogP contribution in [0.2, 0.25) is 0 Å². The minimum Gasteiger partial charge on any atom is -0.349 e. The second-order valence-electron chi connectivity index (χ2n) is 5.85. The zero-order chi connectivity index (χ0) is 14.5. The highest BCUT2D eigenvalue weighted by Crippen LogP contribution is 2.25. The van der Waals surface area contributed by atoms with Gasteiger partial charge in [-0.3, -0.25) is 4.79 Å². The van der Waals surface area contributed by atoms with Gasteiger partial charge in [0, 0.05) is 17.5 Å². The molecule has 0 fully saturated rings. The molecule has 0 aliphatic carbocycles. The topological polar surface area (TPSA) is 29.1 Å². The summed E-state index contributed by atoms with van der Waals surface area (Å²) >= 11 is 5.76. The fourth-order valence-corrected chi connectivity index (χ4v) is 2.37. The van der Waals surface area contributed by atoms with Gasteiger partial charge < -0.3 is 5.32 Å². The van der Waals surface area contributed by atoms with E-state index in [1.807, 2.05) is 24.3 Å². The van der Waals surface area contributed by atoms with E-state index in [0.717, 1.165) is 24.0 Å². The largest absolute Gasteiger partial charge is 0.349 e. The third-order valence-corrected chi connectivity index (χ3v) is 3.48. The van der Waals surface area contributed by atoms with E-state index in [1.165, 1.54) is 0 Å². The molecule has 0 aliphatic rings. The van der Waals surface area contributed by atoms with Crippen LogP contribution in [0.5, 0.6) is 0 Å². The number of carbonyl (C=O) groups is 1. The van der Waals surface area contributed by atoms with Gasteiger partial charge >= 0.3 is 0 Å². The normalized spacial score (nSPS) is 13.1. The lowest BCUT2D eigenvalue weighted by Crippen LogP contribution is -2.36. The molecule has 0 saturated heterocycles. The van der Waals surface area contributed by atoms with Crippen molar-refractivity contribution in [2.75, 3.05) is 5.88 Å². The van der Waals surface area contributed by atoms with Gasteiger partial charge in [-0.25, -0.2) is 0 Å². The summed E-state index contributed by atoms with van der Waals surface area (Å²) in [6, 6.07) is 7.96. The zero-order valence-electron chi connectivity index (χ0n) is 12.3. The van der Waals surface area contributed by atoms with Crippen molar-refractivity contribution in [1.29, 1.82) is 0 Å². The summed E-state index contributed by atoms with van der Waals surface area (Å²) in [6.07, 6.45) is 1.71. The van der Waals surface area contributed by atoms with Crippen LogP contribution in [-0.4, -0.2) is 17.8 Å². The molecule has 0 aliphatic heterocycles. The lowest BCUT2D eigenvalue weighted by atomic mass is 9.83. The van der Waals surface area contributed by atoms with Gasteiger partial charge in [-0.15, -0.1) is 11.6 Å². The van der Waals surface area contributed by atoms with Crippen LogP contribution in [0.4, 0.5) is 0 Å². The van der Waals surface area contributed by atoms with E-state index >= 15 is 0 Å². The Morgan fingerprint density at radius 1 is 1.32 bits per heavy atom. The quantitative estimate of drug-likeness (QED) is 0.808. The molecule has 1 N–H and O–H groups in total. The van der Waals surface area contributed by atoms with E-state index in [4.69, 9.17) is 11.6 Å².